The van der Waals surface area contributed by atoms with E-state index in [4.69, 9.17) is 9.47 Å². The zero-order valence-electron chi connectivity index (χ0n) is 22.5. The number of hydrogen-bond donors (Lipinski definition) is 2. The van der Waals surface area contributed by atoms with Gasteiger partial charge in [0.15, 0.2) is 0 Å². The van der Waals surface area contributed by atoms with Gasteiger partial charge < -0.3 is 29.2 Å². The summed E-state index contributed by atoms with van der Waals surface area (Å²) in [6.45, 7) is 9.60. The van der Waals surface area contributed by atoms with Crippen LogP contribution in [0, 0.1) is 13.8 Å². The fourth-order valence-electron chi connectivity index (χ4n) is 4.57. The van der Waals surface area contributed by atoms with E-state index in [0.717, 1.165) is 22.8 Å². The fourth-order valence-corrected chi connectivity index (χ4v) is 4.57. The van der Waals surface area contributed by atoms with Gasteiger partial charge in [0, 0.05) is 23.1 Å². The van der Waals surface area contributed by atoms with Crippen molar-refractivity contribution in [2.45, 2.75) is 65.3 Å². The molecule has 0 saturated heterocycles. The standard InChI is InChI=1S/C29H35N3O6/c1-18-6-7-19(2)32(18)26-13-10-22(15-30-26)24(33)17-31(28(36)38-29(3,4)5)16-23-11-8-20-14-21(27(34)35)9-12-25(20)37-23/h6-7,9-10,12-15,23-24,33H,8,11,16-17H2,1-5H3,(H,34,35)/t23-,24-/m1/s1. The Kier molecular flexibility index (Phi) is 7.78. The van der Waals surface area contributed by atoms with Crippen molar-refractivity contribution in [1.82, 2.24) is 14.5 Å². The number of carboxylic acids is 1. The van der Waals surface area contributed by atoms with Gasteiger partial charge >= 0.3 is 12.1 Å². The molecule has 3 aromatic rings. The minimum atomic E-state index is -0.985. The highest BCUT2D eigenvalue weighted by atomic mass is 16.6. The molecule has 0 saturated carbocycles. The maximum atomic E-state index is 13.1. The second-order valence-corrected chi connectivity index (χ2v) is 10.7. The molecule has 1 aliphatic heterocycles. The van der Waals surface area contributed by atoms with E-state index in [2.05, 4.69) is 4.98 Å². The summed E-state index contributed by atoms with van der Waals surface area (Å²) < 4.78 is 13.8. The molecule has 2 atom stereocenters. The van der Waals surface area contributed by atoms with E-state index in [0.29, 0.717) is 24.2 Å². The molecule has 202 valence electrons. The number of fused-ring (bicyclic) bond motifs is 1. The number of nitrogens with zero attached hydrogens (tertiary/aromatic N) is 3. The van der Waals surface area contributed by atoms with Crippen LogP contribution in [-0.4, -0.2) is 61.5 Å². The molecule has 0 spiro atoms. The molecule has 1 aromatic carbocycles. The first kappa shape index (κ1) is 27.2. The molecule has 0 fully saturated rings. The van der Waals surface area contributed by atoms with Crippen molar-refractivity contribution in [3.63, 3.8) is 0 Å². The van der Waals surface area contributed by atoms with E-state index >= 15 is 0 Å². The number of hydrogen-bond acceptors (Lipinski definition) is 6. The van der Waals surface area contributed by atoms with Crippen molar-refractivity contribution < 1.29 is 29.3 Å². The van der Waals surface area contributed by atoms with Crippen molar-refractivity contribution in [1.29, 1.82) is 0 Å². The number of aromatic nitrogens is 2. The van der Waals surface area contributed by atoms with E-state index in [-0.39, 0.29) is 24.8 Å². The molecule has 1 amide bonds. The van der Waals surface area contributed by atoms with Gasteiger partial charge in [-0.1, -0.05) is 6.07 Å². The average molecular weight is 522 g/mol. The van der Waals surface area contributed by atoms with Gasteiger partial charge in [-0.05, 0) is 89.4 Å². The predicted molar refractivity (Wildman–Crippen MR) is 142 cm³/mol. The van der Waals surface area contributed by atoms with Crippen molar-refractivity contribution in [3.05, 3.63) is 76.7 Å². The number of aryl methyl sites for hydroxylation is 3. The van der Waals surface area contributed by atoms with Crippen LogP contribution in [0.5, 0.6) is 5.75 Å². The van der Waals surface area contributed by atoms with E-state index in [1.807, 2.05) is 42.7 Å². The number of pyridine rings is 1. The third kappa shape index (κ3) is 6.34. The van der Waals surface area contributed by atoms with Crippen LogP contribution in [0.25, 0.3) is 5.82 Å². The van der Waals surface area contributed by atoms with Gasteiger partial charge in [0.2, 0.25) is 0 Å². The molecule has 0 bridgehead atoms. The Morgan fingerprint density at radius 3 is 2.47 bits per heavy atom. The molecule has 0 aliphatic carbocycles. The first-order valence-electron chi connectivity index (χ1n) is 12.7. The summed E-state index contributed by atoms with van der Waals surface area (Å²) in [5, 5.41) is 20.3. The number of aromatic carboxylic acids is 1. The third-order valence-corrected chi connectivity index (χ3v) is 6.46. The minimum absolute atomic E-state index is 0.00217. The summed E-state index contributed by atoms with van der Waals surface area (Å²) >= 11 is 0. The Labute approximate surface area is 222 Å². The van der Waals surface area contributed by atoms with Crippen LogP contribution in [0.3, 0.4) is 0 Å². The number of amides is 1. The van der Waals surface area contributed by atoms with Crippen molar-refractivity contribution in [2.75, 3.05) is 13.1 Å². The van der Waals surface area contributed by atoms with Gasteiger partial charge in [-0.3, -0.25) is 0 Å². The summed E-state index contributed by atoms with van der Waals surface area (Å²) in [5.74, 6) is 0.373. The fraction of sp³-hybridized carbons (Fsp3) is 0.414. The third-order valence-electron chi connectivity index (χ3n) is 6.46. The van der Waals surface area contributed by atoms with Crippen LogP contribution < -0.4 is 4.74 Å². The first-order chi connectivity index (χ1) is 17.9. The maximum absolute atomic E-state index is 13.1. The lowest BCUT2D eigenvalue weighted by Gasteiger charge is -2.33. The van der Waals surface area contributed by atoms with Crippen molar-refractivity contribution in [3.8, 4) is 11.6 Å². The van der Waals surface area contributed by atoms with E-state index in [1.165, 1.54) is 11.0 Å². The van der Waals surface area contributed by atoms with Crippen LogP contribution >= 0.6 is 0 Å². The van der Waals surface area contributed by atoms with Crippen LogP contribution in [-0.2, 0) is 11.2 Å². The second-order valence-electron chi connectivity index (χ2n) is 10.7. The SMILES string of the molecule is Cc1ccc(C)n1-c1ccc([C@H](O)CN(C[C@H]2CCc3cc(C(=O)O)ccc3O2)C(=O)OC(C)(C)C)cn1. The number of benzene rings is 1. The molecule has 2 N–H and O–H groups in total. The van der Waals surface area contributed by atoms with Gasteiger partial charge in [-0.25, -0.2) is 14.6 Å². The molecular weight excluding hydrogens is 486 g/mol. The summed E-state index contributed by atoms with van der Waals surface area (Å²) in [6.07, 6.45) is 0.977. The largest absolute Gasteiger partial charge is 0.488 e. The molecule has 0 unspecified atom stereocenters. The Hall–Kier alpha value is -3.85. The van der Waals surface area contributed by atoms with Crippen LogP contribution in [0.15, 0.2) is 48.7 Å². The summed E-state index contributed by atoms with van der Waals surface area (Å²) in [6, 6.07) is 12.5. The van der Waals surface area contributed by atoms with Gasteiger partial charge in [0.1, 0.15) is 23.3 Å². The molecule has 9 nitrogen and oxygen atoms in total. The lowest BCUT2D eigenvalue weighted by atomic mass is 9.99. The normalized spacial score (nSPS) is 15.8. The Morgan fingerprint density at radius 1 is 1.16 bits per heavy atom. The van der Waals surface area contributed by atoms with Crippen molar-refractivity contribution in [2.24, 2.45) is 0 Å². The highest BCUT2D eigenvalue weighted by Crippen LogP contribution is 2.29. The smallest absolute Gasteiger partial charge is 0.410 e. The topological polar surface area (TPSA) is 114 Å². The molecule has 2 aromatic heterocycles. The molecule has 4 rings (SSSR count). The van der Waals surface area contributed by atoms with Gasteiger partial charge in [-0.15, -0.1) is 0 Å². The Bertz CT molecular complexity index is 1290. The van der Waals surface area contributed by atoms with Crippen LogP contribution in [0.2, 0.25) is 0 Å². The lowest BCUT2D eigenvalue weighted by molar-refractivity contribution is 0.00362. The lowest BCUT2D eigenvalue weighted by Crippen LogP contribution is -2.45. The van der Waals surface area contributed by atoms with Crippen LogP contribution in [0.4, 0.5) is 4.79 Å². The van der Waals surface area contributed by atoms with Gasteiger partial charge in [0.25, 0.3) is 0 Å². The summed E-state index contributed by atoms with van der Waals surface area (Å²) in [7, 11) is 0. The highest BCUT2D eigenvalue weighted by molar-refractivity contribution is 5.88. The van der Waals surface area contributed by atoms with Gasteiger partial charge in [-0.2, -0.15) is 0 Å². The second kappa shape index (κ2) is 10.9. The molecule has 3 heterocycles. The number of carboxylic acid groups (broad SMARTS) is 1. The zero-order chi connectivity index (χ0) is 27.6. The molecule has 9 heteroatoms. The van der Waals surface area contributed by atoms with Gasteiger partial charge in [0.05, 0.1) is 24.8 Å². The number of ether oxygens (including phenoxy) is 2. The first-order valence-corrected chi connectivity index (χ1v) is 12.7. The predicted octanol–water partition coefficient (Wildman–Crippen LogP) is 4.85. The van der Waals surface area contributed by atoms with Crippen LogP contribution in [0.1, 0.15) is 66.2 Å². The summed E-state index contributed by atoms with van der Waals surface area (Å²) in [5.41, 5.74) is 3.04. The average Bonchev–Trinajstić information content (AvgIpc) is 3.19. The summed E-state index contributed by atoms with van der Waals surface area (Å²) in [4.78, 5) is 30.4. The van der Waals surface area contributed by atoms with E-state index < -0.39 is 23.8 Å². The van der Waals surface area contributed by atoms with E-state index in [1.54, 1.807) is 39.1 Å². The highest BCUT2D eigenvalue weighted by Gasteiger charge is 2.30. The maximum Gasteiger partial charge on any atom is 0.410 e. The van der Waals surface area contributed by atoms with E-state index in [9.17, 15) is 19.8 Å². The number of aliphatic hydroxyl groups is 1. The Morgan fingerprint density at radius 2 is 1.87 bits per heavy atom. The quantitative estimate of drug-likeness (QED) is 0.457. The number of rotatable bonds is 7. The Balaban J connectivity index is 1.49. The molecule has 1 aliphatic rings. The molecular formula is C29H35N3O6. The minimum Gasteiger partial charge on any atom is -0.488 e. The molecule has 0 radical (unpaired) electrons. The number of aliphatic hydroxyl groups excluding tert-OH is 1. The molecule has 38 heavy (non-hydrogen) atoms. The zero-order valence-corrected chi connectivity index (χ0v) is 22.5. The monoisotopic (exact) mass is 521 g/mol. The van der Waals surface area contributed by atoms with Crippen molar-refractivity contribution >= 4 is 12.1 Å². The number of carbonyl (C=O) groups is 2. The number of carbonyl (C=O) groups excluding carboxylic acids is 1.